The van der Waals surface area contributed by atoms with E-state index in [9.17, 15) is 4.79 Å². The summed E-state index contributed by atoms with van der Waals surface area (Å²) in [5.74, 6) is 1.38. The maximum Gasteiger partial charge on any atom is 0.153 e. The second-order valence-electron chi connectivity index (χ2n) is 7.53. The first-order valence-corrected chi connectivity index (χ1v) is 8.77. The Hall–Kier alpha value is -0.450. The molecule has 5 atom stereocenters. The van der Waals surface area contributed by atoms with E-state index in [1.807, 2.05) is 0 Å². The Morgan fingerprint density at radius 3 is 2.86 bits per heavy atom. The number of rotatable bonds is 2. The van der Waals surface area contributed by atoms with Gasteiger partial charge in [-0.3, -0.25) is 4.79 Å². The summed E-state index contributed by atoms with van der Waals surface area (Å²) >= 11 is 0. The molecule has 0 radical (unpaired) electrons. The van der Waals surface area contributed by atoms with Crippen molar-refractivity contribution in [3.8, 4) is 0 Å². The highest BCUT2D eigenvalue weighted by atomic mass is 16.6. The minimum Gasteiger partial charge on any atom is -0.378 e. The van der Waals surface area contributed by atoms with Gasteiger partial charge in [-0.2, -0.15) is 0 Å². The van der Waals surface area contributed by atoms with Crippen molar-refractivity contribution in [2.45, 2.75) is 69.1 Å². The van der Waals surface area contributed by atoms with Crippen molar-refractivity contribution in [2.75, 3.05) is 19.8 Å². The summed E-state index contributed by atoms with van der Waals surface area (Å²) in [4.78, 5) is 12.9. The smallest absolute Gasteiger partial charge is 0.153 e. The van der Waals surface area contributed by atoms with Crippen molar-refractivity contribution < 1.29 is 14.3 Å². The van der Waals surface area contributed by atoms with Crippen molar-refractivity contribution in [2.24, 2.45) is 11.8 Å². The van der Waals surface area contributed by atoms with E-state index in [1.54, 1.807) is 0 Å². The summed E-state index contributed by atoms with van der Waals surface area (Å²) in [5, 5.41) is 3.65. The standard InChI is InChI=1S/C17H27NO3/c19-16(15-9-12-3-1-2-4-14(12)18-15)13-5-7-21-17(10-13)6-8-20-11-17/h12-15,18H,1-11H2. The third-order valence-electron chi connectivity index (χ3n) is 6.17. The number of nitrogens with one attached hydrogen (secondary N) is 1. The average molecular weight is 293 g/mol. The SMILES string of the molecule is O=C(C1CCOC2(CCOC2)C1)C1CC2CCCCC2N1. The van der Waals surface area contributed by atoms with E-state index in [0.717, 1.165) is 44.8 Å². The zero-order valence-electron chi connectivity index (χ0n) is 12.8. The summed E-state index contributed by atoms with van der Waals surface area (Å²) in [6, 6.07) is 0.719. The number of carbonyl (C=O) groups is 1. The van der Waals surface area contributed by atoms with Gasteiger partial charge in [0.25, 0.3) is 0 Å². The molecule has 1 saturated carbocycles. The molecule has 5 unspecified atom stereocenters. The van der Waals surface area contributed by atoms with Gasteiger partial charge in [-0.15, -0.1) is 0 Å². The van der Waals surface area contributed by atoms with Crippen molar-refractivity contribution in [1.29, 1.82) is 0 Å². The summed E-state index contributed by atoms with van der Waals surface area (Å²) in [6.45, 7) is 2.19. The Balaban J connectivity index is 1.40. The van der Waals surface area contributed by atoms with Gasteiger partial charge in [0, 0.05) is 31.6 Å². The van der Waals surface area contributed by atoms with Gasteiger partial charge in [-0.25, -0.2) is 0 Å². The molecular formula is C17H27NO3. The highest BCUT2D eigenvalue weighted by Gasteiger charge is 2.46. The van der Waals surface area contributed by atoms with Gasteiger partial charge in [0.1, 0.15) is 0 Å². The molecule has 21 heavy (non-hydrogen) atoms. The summed E-state index contributed by atoms with van der Waals surface area (Å²) < 4.78 is 11.5. The van der Waals surface area contributed by atoms with Crippen LogP contribution in [0.3, 0.4) is 0 Å². The quantitative estimate of drug-likeness (QED) is 0.846. The predicted octanol–water partition coefficient (Wildman–Crippen LogP) is 2.06. The summed E-state index contributed by atoms with van der Waals surface area (Å²) in [5.41, 5.74) is -0.149. The first-order valence-electron chi connectivity index (χ1n) is 8.77. The lowest BCUT2D eigenvalue weighted by molar-refractivity contribution is -0.138. The minimum atomic E-state index is -0.149. The van der Waals surface area contributed by atoms with Crippen molar-refractivity contribution >= 4 is 5.78 Å². The van der Waals surface area contributed by atoms with Crippen LogP contribution in [0.1, 0.15) is 51.4 Å². The molecule has 0 aromatic carbocycles. The highest BCUT2D eigenvalue weighted by Crippen LogP contribution is 2.39. The largest absolute Gasteiger partial charge is 0.378 e. The van der Waals surface area contributed by atoms with Crippen LogP contribution in [0.25, 0.3) is 0 Å². The molecule has 0 aromatic rings. The third kappa shape index (κ3) is 2.66. The fourth-order valence-corrected chi connectivity index (χ4v) is 4.96. The van der Waals surface area contributed by atoms with Crippen LogP contribution >= 0.6 is 0 Å². The monoisotopic (exact) mass is 293 g/mol. The van der Waals surface area contributed by atoms with Gasteiger partial charge in [0.2, 0.25) is 0 Å². The van der Waals surface area contributed by atoms with Crippen LogP contribution in [0.4, 0.5) is 0 Å². The van der Waals surface area contributed by atoms with Crippen LogP contribution in [0.15, 0.2) is 0 Å². The maximum atomic E-state index is 12.9. The van der Waals surface area contributed by atoms with Gasteiger partial charge in [0.05, 0.1) is 18.2 Å². The van der Waals surface area contributed by atoms with Crippen LogP contribution in [0.2, 0.25) is 0 Å². The van der Waals surface area contributed by atoms with Gasteiger partial charge >= 0.3 is 0 Å². The first-order chi connectivity index (χ1) is 10.3. The van der Waals surface area contributed by atoms with Crippen LogP contribution in [0, 0.1) is 11.8 Å². The Morgan fingerprint density at radius 2 is 2.05 bits per heavy atom. The zero-order chi connectivity index (χ0) is 14.3. The molecule has 3 heterocycles. The number of fused-ring (bicyclic) bond motifs is 1. The number of ether oxygens (including phenoxy) is 2. The van der Waals surface area contributed by atoms with Gasteiger partial charge in [0.15, 0.2) is 5.78 Å². The van der Waals surface area contributed by atoms with Gasteiger partial charge < -0.3 is 14.8 Å². The average Bonchev–Trinajstić information content (AvgIpc) is 3.13. The second kappa shape index (κ2) is 5.64. The van der Waals surface area contributed by atoms with Crippen LogP contribution in [-0.2, 0) is 14.3 Å². The number of carbonyl (C=O) groups excluding carboxylic acids is 1. The Morgan fingerprint density at radius 1 is 1.14 bits per heavy atom. The van der Waals surface area contributed by atoms with Gasteiger partial charge in [-0.05, 0) is 38.0 Å². The van der Waals surface area contributed by atoms with Crippen molar-refractivity contribution in [3.63, 3.8) is 0 Å². The minimum absolute atomic E-state index is 0.112. The van der Waals surface area contributed by atoms with E-state index < -0.39 is 0 Å². The Labute approximate surface area is 126 Å². The molecular weight excluding hydrogens is 266 g/mol. The molecule has 0 bridgehead atoms. The fourth-order valence-electron chi connectivity index (χ4n) is 4.96. The molecule has 1 spiro atoms. The lowest BCUT2D eigenvalue weighted by atomic mass is 9.79. The molecule has 3 aliphatic heterocycles. The van der Waals surface area contributed by atoms with Crippen molar-refractivity contribution in [1.82, 2.24) is 5.32 Å². The molecule has 0 amide bonds. The predicted molar refractivity (Wildman–Crippen MR) is 79.1 cm³/mol. The van der Waals surface area contributed by atoms with Crippen LogP contribution in [-0.4, -0.2) is 43.3 Å². The Kier molecular flexibility index (Phi) is 3.80. The normalized spacial score (nSPS) is 46.7. The molecule has 4 heteroatoms. The van der Waals surface area contributed by atoms with E-state index in [4.69, 9.17) is 9.47 Å². The summed E-state index contributed by atoms with van der Waals surface area (Å²) in [7, 11) is 0. The molecule has 1 N–H and O–H groups in total. The molecule has 0 aromatic heterocycles. The number of hydrogen-bond acceptors (Lipinski definition) is 4. The molecule has 1 aliphatic carbocycles. The van der Waals surface area contributed by atoms with Crippen LogP contribution < -0.4 is 5.32 Å². The number of hydrogen-bond donors (Lipinski definition) is 1. The topological polar surface area (TPSA) is 47.6 Å². The first kappa shape index (κ1) is 14.2. The van der Waals surface area contributed by atoms with Crippen molar-refractivity contribution in [3.05, 3.63) is 0 Å². The van der Waals surface area contributed by atoms with E-state index >= 15 is 0 Å². The fraction of sp³-hybridized carbons (Fsp3) is 0.941. The lowest BCUT2D eigenvalue weighted by Crippen LogP contribution is -2.47. The molecule has 4 fully saturated rings. The molecule has 118 valence electrons. The Bertz CT molecular complexity index is 391. The second-order valence-corrected chi connectivity index (χ2v) is 7.53. The molecule has 3 saturated heterocycles. The lowest BCUT2D eigenvalue weighted by Gasteiger charge is -2.37. The van der Waals surface area contributed by atoms with Crippen LogP contribution in [0.5, 0.6) is 0 Å². The third-order valence-corrected chi connectivity index (χ3v) is 6.17. The zero-order valence-corrected chi connectivity index (χ0v) is 12.8. The summed E-state index contributed by atoms with van der Waals surface area (Å²) in [6.07, 6.45) is 9.05. The molecule has 4 nitrogen and oxygen atoms in total. The van der Waals surface area contributed by atoms with E-state index in [1.165, 1.54) is 25.7 Å². The van der Waals surface area contributed by atoms with E-state index in [-0.39, 0.29) is 17.6 Å². The van der Waals surface area contributed by atoms with E-state index in [2.05, 4.69) is 5.32 Å². The number of Topliss-reactive ketones (excluding diaryl/α,β-unsaturated/α-hetero) is 1. The molecule has 4 aliphatic rings. The highest BCUT2D eigenvalue weighted by molar-refractivity contribution is 5.87. The van der Waals surface area contributed by atoms with Gasteiger partial charge in [-0.1, -0.05) is 12.8 Å². The maximum absolute atomic E-state index is 12.9. The van der Waals surface area contributed by atoms with E-state index in [0.29, 0.717) is 18.4 Å². The molecule has 4 rings (SSSR count). The number of ketones is 1.